The third-order valence-corrected chi connectivity index (χ3v) is 4.83. The van der Waals surface area contributed by atoms with Crippen molar-refractivity contribution in [3.05, 3.63) is 79.2 Å². The zero-order valence-electron chi connectivity index (χ0n) is 12.7. The molecule has 1 aromatic heterocycles. The molecular formula is C18H12N2O3S. The third-order valence-electron chi connectivity index (χ3n) is 3.88. The number of thiazole rings is 1. The van der Waals surface area contributed by atoms with Crippen LogP contribution < -0.4 is 15.4 Å². The van der Waals surface area contributed by atoms with Gasteiger partial charge in [-0.1, -0.05) is 41.7 Å². The first-order chi connectivity index (χ1) is 11.6. The Hall–Kier alpha value is -2.99. The molecule has 2 aromatic carbocycles. The summed E-state index contributed by atoms with van der Waals surface area (Å²) in [6.45, 7) is 1.91. The van der Waals surface area contributed by atoms with E-state index < -0.39 is 5.91 Å². The van der Waals surface area contributed by atoms with Crippen LogP contribution in [-0.4, -0.2) is 15.6 Å². The van der Waals surface area contributed by atoms with Crippen molar-refractivity contribution in [1.82, 2.24) is 4.57 Å². The molecule has 0 bridgehead atoms. The monoisotopic (exact) mass is 336 g/mol. The second kappa shape index (κ2) is 5.28. The Morgan fingerprint density at radius 2 is 1.88 bits per heavy atom. The van der Waals surface area contributed by atoms with Gasteiger partial charge in [-0.2, -0.15) is 0 Å². The van der Waals surface area contributed by atoms with Crippen molar-refractivity contribution < 1.29 is 9.90 Å². The van der Waals surface area contributed by atoms with Gasteiger partial charge in [0.2, 0.25) is 5.88 Å². The van der Waals surface area contributed by atoms with E-state index in [0.717, 1.165) is 16.9 Å². The average molecular weight is 336 g/mol. The molecule has 5 nitrogen and oxygen atoms in total. The van der Waals surface area contributed by atoms with Crippen molar-refractivity contribution in [3.63, 3.8) is 0 Å². The van der Waals surface area contributed by atoms with Crippen LogP contribution in [-0.2, 0) is 4.79 Å². The SMILES string of the molecule is Cc1cccc(-n2c(O)c(C3=c4ccccc4=NC3=O)sc2=O)c1. The lowest BCUT2D eigenvalue weighted by Crippen LogP contribution is -2.22. The fourth-order valence-corrected chi connectivity index (χ4v) is 3.75. The summed E-state index contributed by atoms with van der Waals surface area (Å²) in [4.78, 5) is 28.6. The van der Waals surface area contributed by atoms with Crippen LogP contribution in [0.25, 0.3) is 11.3 Å². The van der Waals surface area contributed by atoms with Gasteiger partial charge in [0.1, 0.15) is 4.88 Å². The summed E-state index contributed by atoms with van der Waals surface area (Å²) in [5, 5.41) is 11.8. The minimum absolute atomic E-state index is 0.231. The highest BCUT2D eigenvalue weighted by molar-refractivity contribution is 7.11. The van der Waals surface area contributed by atoms with Gasteiger partial charge in [-0.15, -0.1) is 0 Å². The predicted molar refractivity (Wildman–Crippen MR) is 91.1 cm³/mol. The van der Waals surface area contributed by atoms with E-state index in [-0.39, 0.29) is 21.2 Å². The molecule has 1 aliphatic rings. The van der Waals surface area contributed by atoms with Gasteiger partial charge in [0, 0.05) is 5.22 Å². The lowest BCUT2D eigenvalue weighted by atomic mass is 10.1. The van der Waals surface area contributed by atoms with Crippen LogP contribution in [0.1, 0.15) is 10.4 Å². The maximum Gasteiger partial charge on any atom is 0.315 e. The molecule has 4 rings (SSSR count). The molecule has 2 heterocycles. The number of aromatic hydroxyl groups is 1. The van der Waals surface area contributed by atoms with Gasteiger partial charge in [0.25, 0.3) is 5.91 Å². The van der Waals surface area contributed by atoms with E-state index in [1.165, 1.54) is 4.57 Å². The zero-order chi connectivity index (χ0) is 16.8. The molecule has 0 aliphatic carbocycles. The van der Waals surface area contributed by atoms with E-state index in [9.17, 15) is 14.7 Å². The molecule has 0 saturated heterocycles. The number of carbonyl (C=O) groups is 1. The van der Waals surface area contributed by atoms with E-state index >= 15 is 0 Å². The van der Waals surface area contributed by atoms with Gasteiger partial charge in [-0.25, -0.2) is 9.56 Å². The van der Waals surface area contributed by atoms with Crippen molar-refractivity contribution in [3.8, 4) is 11.6 Å². The van der Waals surface area contributed by atoms with Crippen molar-refractivity contribution >= 4 is 22.8 Å². The molecule has 0 spiro atoms. The Morgan fingerprint density at radius 1 is 1.08 bits per heavy atom. The quantitative estimate of drug-likeness (QED) is 0.766. The Bertz CT molecular complexity index is 1170. The first-order valence-corrected chi connectivity index (χ1v) is 8.12. The van der Waals surface area contributed by atoms with E-state index in [1.54, 1.807) is 36.4 Å². The second-order valence-corrected chi connectivity index (χ2v) is 6.47. The summed E-state index contributed by atoms with van der Waals surface area (Å²) in [6, 6.07) is 14.3. The van der Waals surface area contributed by atoms with Crippen LogP contribution in [0.15, 0.2) is 58.3 Å². The molecule has 118 valence electrons. The number of fused-ring (bicyclic) bond motifs is 1. The molecule has 1 aliphatic heterocycles. The van der Waals surface area contributed by atoms with Gasteiger partial charge in [-0.05, 0) is 30.7 Å². The lowest BCUT2D eigenvalue weighted by molar-refractivity contribution is -0.112. The van der Waals surface area contributed by atoms with Crippen LogP contribution in [0.5, 0.6) is 5.88 Å². The summed E-state index contributed by atoms with van der Waals surface area (Å²) < 4.78 is 1.22. The summed E-state index contributed by atoms with van der Waals surface area (Å²) in [5.41, 5.74) is 1.81. The molecule has 1 amide bonds. The van der Waals surface area contributed by atoms with Gasteiger partial charge in [0.05, 0.1) is 16.6 Å². The second-order valence-electron chi connectivity index (χ2n) is 5.50. The number of hydrogen-bond acceptors (Lipinski definition) is 4. The summed E-state index contributed by atoms with van der Waals surface area (Å²) in [6.07, 6.45) is 0. The zero-order valence-corrected chi connectivity index (χ0v) is 13.5. The minimum Gasteiger partial charge on any atom is -0.493 e. The normalized spacial score (nSPS) is 13.0. The topological polar surface area (TPSA) is 71.7 Å². The highest BCUT2D eigenvalue weighted by atomic mass is 32.1. The number of para-hydroxylation sites is 1. The summed E-state index contributed by atoms with van der Waals surface area (Å²) >= 11 is 0.846. The van der Waals surface area contributed by atoms with E-state index in [0.29, 0.717) is 16.3 Å². The molecule has 0 saturated carbocycles. The third kappa shape index (κ3) is 2.11. The van der Waals surface area contributed by atoms with Crippen LogP contribution in [0.3, 0.4) is 0 Å². The fraction of sp³-hybridized carbons (Fsp3) is 0.0556. The maximum atomic E-state index is 12.4. The molecular weight excluding hydrogens is 324 g/mol. The van der Waals surface area contributed by atoms with Crippen LogP contribution >= 0.6 is 11.3 Å². The maximum absolute atomic E-state index is 12.4. The number of amides is 1. The largest absolute Gasteiger partial charge is 0.493 e. The molecule has 0 atom stereocenters. The van der Waals surface area contributed by atoms with Crippen LogP contribution in [0.4, 0.5) is 0 Å². The Labute approximate surface area is 140 Å². The Morgan fingerprint density at radius 3 is 2.67 bits per heavy atom. The standard InChI is InChI=1S/C18H12N2O3S/c1-10-5-4-6-11(9-10)20-17(22)15(24-18(20)23)14-12-7-2-3-8-13(12)19-16(14)21/h2-9,22H,1H3. The van der Waals surface area contributed by atoms with E-state index in [2.05, 4.69) is 4.99 Å². The molecule has 0 radical (unpaired) electrons. The fourth-order valence-electron chi connectivity index (χ4n) is 2.81. The van der Waals surface area contributed by atoms with Gasteiger partial charge < -0.3 is 5.11 Å². The number of nitrogens with zero attached hydrogens (tertiary/aromatic N) is 2. The first-order valence-electron chi connectivity index (χ1n) is 7.31. The van der Waals surface area contributed by atoms with Crippen molar-refractivity contribution in [1.29, 1.82) is 0 Å². The van der Waals surface area contributed by atoms with Crippen LogP contribution in [0.2, 0.25) is 0 Å². The number of carbonyl (C=O) groups excluding carboxylic acids is 1. The van der Waals surface area contributed by atoms with Crippen molar-refractivity contribution in [2.75, 3.05) is 0 Å². The summed E-state index contributed by atoms with van der Waals surface area (Å²) in [5.74, 6) is -0.671. The van der Waals surface area contributed by atoms with E-state index in [1.807, 2.05) is 19.1 Å². The molecule has 24 heavy (non-hydrogen) atoms. The minimum atomic E-state index is -0.441. The molecule has 3 aromatic rings. The number of hydrogen-bond donors (Lipinski definition) is 1. The first kappa shape index (κ1) is 14.6. The Balaban J connectivity index is 2.01. The van der Waals surface area contributed by atoms with Crippen molar-refractivity contribution in [2.45, 2.75) is 6.92 Å². The molecule has 0 unspecified atom stereocenters. The smallest absolute Gasteiger partial charge is 0.315 e. The lowest BCUT2D eigenvalue weighted by Gasteiger charge is -2.05. The molecule has 1 N–H and O–H groups in total. The highest BCUT2D eigenvalue weighted by Crippen LogP contribution is 2.30. The Kier molecular flexibility index (Phi) is 3.21. The highest BCUT2D eigenvalue weighted by Gasteiger charge is 2.26. The number of benzene rings is 2. The van der Waals surface area contributed by atoms with Crippen molar-refractivity contribution in [2.24, 2.45) is 4.99 Å². The van der Waals surface area contributed by atoms with Crippen LogP contribution in [0, 0.1) is 6.92 Å². The van der Waals surface area contributed by atoms with Gasteiger partial charge >= 0.3 is 4.87 Å². The number of rotatable bonds is 2. The average Bonchev–Trinajstić information content (AvgIpc) is 3.02. The van der Waals surface area contributed by atoms with Gasteiger partial charge in [-0.3, -0.25) is 9.59 Å². The molecule has 6 heteroatoms. The number of aryl methyl sites for hydroxylation is 1. The van der Waals surface area contributed by atoms with E-state index in [4.69, 9.17) is 0 Å². The van der Waals surface area contributed by atoms with Gasteiger partial charge in [0.15, 0.2) is 0 Å². The number of aromatic nitrogens is 1. The molecule has 0 fully saturated rings. The summed E-state index contributed by atoms with van der Waals surface area (Å²) in [7, 11) is 0. The predicted octanol–water partition coefficient (Wildman–Crippen LogP) is 1.27.